The average Bonchev–Trinajstić information content (AvgIpc) is 2.37. The molecule has 0 saturated heterocycles. The predicted octanol–water partition coefficient (Wildman–Crippen LogP) is 6.29. The maximum Gasteiger partial charge on any atom is 0.530 e. The van der Waals surface area contributed by atoms with Gasteiger partial charge in [-0.05, 0) is 32.0 Å². The molecule has 0 aliphatic rings. The molecule has 1 rings (SSSR count). The molecule has 1 aromatic carbocycles. The molecule has 0 saturated carbocycles. The van der Waals surface area contributed by atoms with Crippen molar-refractivity contribution in [3.8, 4) is 0 Å². The second-order valence-corrected chi connectivity index (χ2v) is 6.97. The van der Waals surface area contributed by atoms with Crippen LogP contribution in [0.2, 0.25) is 10.0 Å². The third kappa shape index (κ3) is 5.65. The summed E-state index contributed by atoms with van der Waals surface area (Å²) in [6.45, 7) is 3.55. The fourth-order valence-electron chi connectivity index (χ4n) is 1.38. The minimum absolute atomic E-state index is 0.106. The largest absolute Gasteiger partial charge is 0.530 e. The Labute approximate surface area is 143 Å². The van der Waals surface area contributed by atoms with Crippen LogP contribution in [0.1, 0.15) is 19.4 Å². The minimum Gasteiger partial charge on any atom is -0.401 e. The lowest BCUT2D eigenvalue weighted by Gasteiger charge is -2.19. The van der Waals surface area contributed by atoms with Gasteiger partial charge in [0.2, 0.25) is 0 Å². The SMILES string of the molecule is CCOP(=O)(OCC)OC(=C(Cl)Cl)c1ccc(Cl)cc1Cl. The van der Waals surface area contributed by atoms with Crippen LogP contribution in [0.15, 0.2) is 22.7 Å². The minimum atomic E-state index is -3.84. The number of halogens is 4. The second-order valence-electron chi connectivity index (χ2n) is 3.59. The van der Waals surface area contributed by atoms with Gasteiger partial charge in [0.15, 0.2) is 5.76 Å². The maximum atomic E-state index is 12.4. The zero-order valence-electron chi connectivity index (χ0n) is 11.2. The highest BCUT2D eigenvalue weighted by atomic mass is 35.5. The van der Waals surface area contributed by atoms with Gasteiger partial charge >= 0.3 is 7.82 Å². The molecule has 21 heavy (non-hydrogen) atoms. The maximum absolute atomic E-state index is 12.4. The molecule has 9 heteroatoms. The van der Waals surface area contributed by atoms with Crippen molar-refractivity contribution in [2.45, 2.75) is 13.8 Å². The Morgan fingerprint density at radius 2 is 1.71 bits per heavy atom. The van der Waals surface area contributed by atoms with E-state index in [1.54, 1.807) is 19.9 Å². The first-order chi connectivity index (χ1) is 9.83. The fraction of sp³-hybridized carbons (Fsp3) is 0.333. The molecule has 1 aromatic rings. The first-order valence-electron chi connectivity index (χ1n) is 5.92. The number of benzene rings is 1. The molecule has 0 bridgehead atoms. The predicted molar refractivity (Wildman–Crippen MR) is 87.0 cm³/mol. The molecule has 0 aromatic heterocycles. The Morgan fingerprint density at radius 1 is 1.14 bits per heavy atom. The molecule has 0 amide bonds. The Balaban J connectivity index is 3.20. The van der Waals surface area contributed by atoms with Gasteiger partial charge in [0, 0.05) is 10.6 Å². The van der Waals surface area contributed by atoms with Crippen LogP contribution in [0.25, 0.3) is 5.76 Å². The Hall–Kier alpha value is 0.0700. The molecule has 118 valence electrons. The van der Waals surface area contributed by atoms with Gasteiger partial charge in [0.05, 0.1) is 18.2 Å². The van der Waals surface area contributed by atoms with E-state index in [9.17, 15) is 4.57 Å². The summed E-state index contributed by atoms with van der Waals surface area (Å²) in [4.78, 5) is 0. The van der Waals surface area contributed by atoms with Gasteiger partial charge in [-0.15, -0.1) is 0 Å². The molecule has 0 radical (unpaired) electrons. The van der Waals surface area contributed by atoms with Crippen molar-refractivity contribution >= 4 is 60.0 Å². The number of hydrogen-bond donors (Lipinski definition) is 0. The molecule has 4 nitrogen and oxygen atoms in total. The van der Waals surface area contributed by atoms with Crippen LogP contribution < -0.4 is 0 Å². The smallest absolute Gasteiger partial charge is 0.401 e. The molecule has 0 unspecified atom stereocenters. The van der Waals surface area contributed by atoms with Crippen LogP contribution >= 0.6 is 54.2 Å². The first-order valence-corrected chi connectivity index (χ1v) is 8.89. The lowest BCUT2D eigenvalue weighted by Crippen LogP contribution is -2.01. The molecular formula is C12H13Cl4O4P. The number of rotatable bonds is 7. The van der Waals surface area contributed by atoms with Gasteiger partial charge < -0.3 is 4.52 Å². The van der Waals surface area contributed by atoms with Crippen LogP contribution in [-0.2, 0) is 18.1 Å². The second kappa shape index (κ2) is 8.64. The summed E-state index contributed by atoms with van der Waals surface area (Å²) in [6, 6.07) is 4.58. The summed E-state index contributed by atoms with van der Waals surface area (Å²) in [7, 11) is -3.84. The lowest BCUT2D eigenvalue weighted by atomic mass is 10.2. The van der Waals surface area contributed by atoms with Crippen LogP contribution in [0.3, 0.4) is 0 Å². The van der Waals surface area contributed by atoms with E-state index in [1.807, 2.05) is 0 Å². The summed E-state index contributed by atoms with van der Waals surface area (Å²) in [5, 5.41) is 0.655. The molecule has 0 heterocycles. The van der Waals surface area contributed by atoms with E-state index in [0.717, 1.165) is 0 Å². The third-order valence-electron chi connectivity index (χ3n) is 2.12. The van der Waals surface area contributed by atoms with E-state index in [-0.39, 0.29) is 28.5 Å². The van der Waals surface area contributed by atoms with E-state index in [4.69, 9.17) is 60.0 Å². The molecular weight excluding hydrogens is 381 g/mol. The van der Waals surface area contributed by atoms with E-state index < -0.39 is 7.82 Å². The first kappa shape index (κ1) is 19.1. The molecule has 0 aliphatic heterocycles. The van der Waals surface area contributed by atoms with Crippen LogP contribution in [-0.4, -0.2) is 13.2 Å². The Morgan fingerprint density at radius 3 is 2.14 bits per heavy atom. The Bertz CT molecular complexity index is 562. The summed E-state index contributed by atoms with van der Waals surface area (Å²) in [5.74, 6) is -0.106. The number of hydrogen-bond acceptors (Lipinski definition) is 4. The number of phosphoric acid groups is 1. The molecule has 0 atom stereocenters. The highest BCUT2D eigenvalue weighted by Crippen LogP contribution is 2.54. The zero-order valence-corrected chi connectivity index (χ0v) is 15.2. The highest BCUT2D eigenvalue weighted by molar-refractivity contribution is 7.48. The van der Waals surface area contributed by atoms with Crippen molar-refractivity contribution < 1.29 is 18.1 Å². The monoisotopic (exact) mass is 392 g/mol. The van der Waals surface area contributed by atoms with Crippen molar-refractivity contribution in [3.05, 3.63) is 38.3 Å². The molecule has 0 N–H and O–H groups in total. The van der Waals surface area contributed by atoms with Gasteiger partial charge in [0.1, 0.15) is 4.49 Å². The molecule has 0 aliphatic carbocycles. The van der Waals surface area contributed by atoms with Crippen LogP contribution in [0, 0.1) is 0 Å². The lowest BCUT2D eigenvalue weighted by molar-refractivity contribution is 0.159. The molecule has 0 fully saturated rings. The van der Waals surface area contributed by atoms with Gasteiger partial charge in [-0.3, -0.25) is 9.05 Å². The van der Waals surface area contributed by atoms with Crippen molar-refractivity contribution in [3.63, 3.8) is 0 Å². The Kier molecular flexibility index (Phi) is 7.86. The van der Waals surface area contributed by atoms with Gasteiger partial charge in [-0.1, -0.05) is 46.4 Å². The van der Waals surface area contributed by atoms with Crippen molar-refractivity contribution in [2.75, 3.05) is 13.2 Å². The quantitative estimate of drug-likeness (QED) is 0.403. The summed E-state index contributed by atoms with van der Waals surface area (Å²) in [6.07, 6.45) is 0. The topological polar surface area (TPSA) is 44.8 Å². The number of phosphoric ester groups is 1. The van der Waals surface area contributed by atoms with Gasteiger partial charge in [0.25, 0.3) is 0 Å². The van der Waals surface area contributed by atoms with Crippen molar-refractivity contribution in [1.82, 2.24) is 0 Å². The van der Waals surface area contributed by atoms with E-state index >= 15 is 0 Å². The van der Waals surface area contributed by atoms with E-state index in [0.29, 0.717) is 10.6 Å². The van der Waals surface area contributed by atoms with Gasteiger partial charge in [-0.25, -0.2) is 4.57 Å². The highest BCUT2D eigenvalue weighted by Gasteiger charge is 2.30. The van der Waals surface area contributed by atoms with Crippen LogP contribution in [0.5, 0.6) is 0 Å². The van der Waals surface area contributed by atoms with E-state index in [2.05, 4.69) is 0 Å². The normalized spacial score (nSPS) is 11.3. The van der Waals surface area contributed by atoms with Crippen molar-refractivity contribution in [2.24, 2.45) is 0 Å². The summed E-state index contributed by atoms with van der Waals surface area (Å²) >= 11 is 23.5. The average molecular weight is 394 g/mol. The summed E-state index contributed by atoms with van der Waals surface area (Å²) < 4.78 is 27.5. The van der Waals surface area contributed by atoms with Crippen LogP contribution in [0.4, 0.5) is 0 Å². The van der Waals surface area contributed by atoms with E-state index in [1.165, 1.54) is 12.1 Å². The van der Waals surface area contributed by atoms with Crippen molar-refractivity contribution in [1.29, 1.82) is 0 Å². The zero-order chi connectivity index (χ0) is 16.0. The fourth-order valence-corrected chi connectivity index (χ4v) is 3.49. The third-order valence-corrected chi connectivity index (χ3v) is 4.57. The summed E-state index contributed by atoms with van der Waals surface area (Å²) in [5.41, 5.74) is 0.320. The van der Waals surface area contributed by atoms with Gasteiger partial charge in [-0.2, -0.15) is 0 Å². The molecule has 0 spiro atoms. The standard InChI is InChI=1S/C12H13Cl4O4P/c1-3-18-21(17,19-4-2)20-11(12(15)16)9-6-5-8(13)7-10(9)14/h5-7H,3-4H2,1-2H3.